The van der Waals surface area contributed by atoms with E-state index in [9.17, 15) is 0 Å². The average Bonchev–Trinajstić information content (AvgIpc) is 2.46. The summed E-state index contributed by atoms with van der Waals surface area (Å²) in [7, 11) is 0. The van der Waals surface area contributed by atoms with Crippen molar-refractivity contribution in [3.05, 3.63) is 71.8 Å². The predicted octanol–water partition coefficient (Wildman–Crippen LogP) is 4.11. The smallest absolute Gasteiger partial charge is 0.0986 e. The van der Waals surface area contributed by atoms with Crippen molar-refractivity contribution in [3.63, 3.8) is 0 Å². The Morgan fingerprint density at radius 2 is 1.43 bits per heavy atom. The maximum Gasteiger partial charge on any atom is 0.0986 e. The molecule has 0 amide bonds. The summed E-state index contributed by atoms with van der Waals surface area (Å²) < 4.78 is 6.23. The van der Waals surface area contributed by atoms with Crippen LogP contribution in [0.5, 0.6) is 0 Å². The van der Waals surface area contributed by atoms with Crippen LogP contribution in [0.25, 0.3) is 0 Å². The molecule has 21 heavy (non-hydrogen) atoms. The Morgan fingerprint density at radius 3 is 1.95 bits per heavy atom. The molecule has 2 N–H and O–H groups in total. The molecule has 0 aromatic heterocycles. The minimum absolute atomic E-state index is 0.0750. The van der Waals surface area contributed by atoms with Gasteiger partial charge in [-0.15, -0.1) is 0 Å². The SMILES string of the molecule is CC(C)(C)OC(c1ccccc1)C(N)Cc1ccccc1. The summed E-state index contributed by atoms with van der Waals surface area (Å²) in [5.41, 5.74) is 8.61. The van der Waals surface area contributed by atoms with Crippen molar-refractivity contribution in [2.24, 2.45) is 5.73 Å². The summed E-state index contributed by atoms with van der Waals surface area (Å²) in [6, 6.07) is 20.5. The van der Waals surface area contributed by atoms with Gasteiger partial charge in [-0.1, -0.05) is 60.7 Å². The molecule has 0 aliphatic heterocycles. The standard InChI is InChI=1S/C19H25NO/c1-19(2,3)21-18(16-12-8-5-9-13-16)17(20)14-15-10-6-4-7-11-15/h4-13,17-18H,14,20H2,1-3H3. The van der Waals surface area contributed by atoms with Crippen molar-refractivity contribution in [2.45, 2.75) is 44.9 Å². The highest BCUT2D eigenvalue weighted by atomic mass is 16.5. The second-order valence-corrected chi connectivity index (χ2v) is 6.42. The normalized spacial score (nSPS) is 14.7. The van der Waals surface area contributed by atoms with Crippen LogP contribution < -0.4 is 5.73 Å². The molecule has 2 heteroatoms. The van der Waals surface area contributed by atoms with Gasteiger partial charge in [0.25, 0.3) is 0 Å². The van der Waals surface area contributed by atoms with Gasteiger partial charge in [0.1, 0.15) is 0 Å². The lowest BCUT2D eigenvalue weighted by atomic mass is 9.96. The van der Waals surface area contributed by atoms with Crippen LogP contribution in [0, 0.1) is 0 Å². The van der Waals surface area contributed by atoms with Gasteiger partial charge in [0.05, 0.1) is 11.7 Å². The van der Waals surface area contributed by atoms with Gasteiger partial charge in [0.2, 0.25) is 0 Å². The molecule has 0 aliphatic rings. The summed E-state index contributed by atoms with van der Waals surface area (Å²) in [4.78, 5) is 0. The first-order valence-electron chi connectivity index (χ1n) is 7.48. The first-order valence-corrected chi connectivity index (χ1v) is 7.48. The number of hydrogen-bond donors (Lipinski definition) is 1. The second kappa shape index (κ2) is 6.88. The molecular formula is C19H25NO. The molecule has 2 aromatic carbocycles. The summed E-state index contributed by atoms with van der Waals surface area (Å²) in [6.07, 6.45) is 0.697. The molecule has 0 heterocycles. The number of nitrogens with two attached hydrogens (primary N) is 1. The predicted molar refractivity (Wildman–Crippen MR) is 88.1 cm³/mol. The quantitative estimate of drug-likeness (QED) is 0.896. The maximum atomic E-state index is 6.46. The van der Waals surface area contributed by atoms with Gasteiger partial charge in [0.15, 0.2) is 0 Å². The highest BCUT2D eigenvalue weighted by molar-refractivity contribution is 5.22. The molecular weight excluding hydrogens is 258 g/mol. The van der Waals surface area contributed by atoms with Crippen molar-refractivity contribution in [1.29, 1.82) is 0 Å². The fraction of sp³-hybridized carbons (Fsp3) is 0.368. The monoisotopic (exact) mass is 283 g/mol. The third-order valence-electron chi connectivity index (χ3n) is 3.31. The van der Waals surface area contributed by atoms with Crippen LogP contribution >= 0.6 is 0 Å². The third-order valence-corrected chi connectivity index (χ3v) is 3.31. The van der Waals surface area contributed by atoms with Gasteiger partial charge < -0.3 is 10.5 Å². The Hall–Kier alpha value is -1.64. The first-order chi connectivity index (χ1) is 9.96. The molecule has 2 nitrogen and oxygen atoms in total. The number of ether oxygens (including phenoxy) is 1. The molecule has 0 fully saturated rings. The fourth-order valence-electron chi connectivity index (χ4n) is 2.42. The van der Waals surface area contributed by atoms with Crippen molar-refractivity contribution >= 4 is 0 Å². The lowest BCUT2D eigenvalue weighted by Crippen LogP contribution is -2.36. The van der Waals surface area contributed by atoms with Gasteiger partial charge in [-0.2, -0.15) is 0 Å². The molecule has 0 aliphatic carbocycles. The van der Waals surface area contributed by atoms with E-state index in [1.54, 1.807) is 0 Å². The van der Waals surface area contributed by atoms with E-state index in [2.05, 4.69) is 45.0 Å². The molecule has 0 saturated heterocycles. The van der Waals surface area contributed by atoms with Crippen LogP contribution in [0.2, 0.25) is 0 Å². The van der Waals surface area contributed by atoms with E-state index in [0.717, 1.165) is 12.0 Å². The maximum absolute atomic E-state index is 6.46. The van der Waals surface area contributed by atoms with E-state index < -0.39 is 0 Å². The van der Waals surface area contributed by atoms with E-state index in [-0.39, 0.29) is 17.7 Å². The summed E-state index contributed by atoms with van der Waals surface area (Å²) in [5.74, 6) is 0. The Morgan fingerprint density at radius 1 is 0.905 bits per heavy atom. The number of hydrogen-bond acceptors (Lipinski definition) is 2. The number of benzene rings is 2. The zero-order chi connectivity index (χ0) is 15.3. The Balaban J connectivity index is 2.18. The third kappa shape index (κ3) is 5.00. The molecule has 0 bridgehead atoms. The van der Waals surface area contributed by atoms with Crippen LogP contribution in [-0.2, 0) is 11.2 Å². The van der Waals surface area contributed by atoms with Gasteiger partial charge in [-0.25, -0.2) is 0 Å². The van der Waals surface area contributed by atoms with Crippen LogP contribution in [0.15, 0.2) is 60.7 Å². The minimum atomic E-state index is -0.227. The molecule has 0 spiro atoms. The van der Waals surface area contributed by atoms with Gasteiger partial charge in [-0.3, -0.25) is 0 Å². The largest absolute Gasteiger partial charge is 0.366 e. The van der Waals surface area contributed by atoms with Crippen LogP contribution in [0.1, 0.15) is 38.0 Å². The fourth-order valence-corrected chi connectivity index (χ4v) is 2.42. The average molecular weight is 283 g/mol. The topological polar surface area (TPSA) is 35.2 Å². The van der Waals surface area contributed by atoms with E-state index in [0.29, 0.717) is 0 Å². The Bertz CT molecular complexity index is 530. The van der Waals surface area contributed by atoms with E-state index in [4.69, 9.17) is 10.5 Å². The summed E-state index contributed by atoms with van der Waals surface area (Å²) in [6.45, 7) is 6.20. The first kappa shape index (κ1) is 15.7. The minimum Gasteiger partial charge on any atom is -0.366 e. The van der Waals surface area contributed by atoms with Crippen molar-refractivity contribution in [2.75, 3.05) is 0 Å². The van der Waals surface area contributed by atoms with E-state index >= 15 is 0 Å². The van der Waals surface area contributed by atoms with Gasteiger partial charge in [0, 0.05) is 6.04 Å². The van der Waals surface area contributed by atoms with E-state index in [1.807, 2.05) is 36.4 Å². The lowest BCUT2D eigenvalue weighted by Gasteiger charge is -2.32. The zero-order valence-electron chi connectivity index (χ0n) is 13.1. The van der Waals surface area contributed by atoms with Crippen molar-refractivity contribution < 1.29 is 4.74 Å². The van der Waals surface area contributed by atoms with Gasteiger partial charge in [-0.05, 0) is 38.3 Å². The molecule has 2 rings (SSSR count). The molecule has 112 valence electrons. The van der Waals surface area contributed by atoms with Crippen LogP contribution in [0.4, 0.5) is 0 Å². The highest BCUT2D eigenvalue weighted by Gasteiger charge is 2.26. The second-order valence-electron chi connectivity index (χ2n) is 6.42. The molecule has 2 unspecified atom stereocenters. The molecule has 0 saturated carbocycles. The summed E-state index contributed by atoms with van der Waals surface area (Å²) in [5, 5.41) is 0. The van der Waals surface area contributed by atoms with Crippen LogP contribution in [-0.4, -0.2) is 11.6 Å². The highest BCUT2D eigenvalue weighted by Crippen LogP contribution is 2.27. The molecule has 2 atom stereocenters. The van der Waals surface area contributed by atoms with Crippen LogP contribution in [0.3, 0.4) is 0 Å². The Kier molecular flexibility index (Phi) is 5.16. The molecule has 2 aromatic rings. The van der Waals surface area contributed by atoms with Crippen molar-refractivity contribution in [1.82, 2.24) is 0 Å². The van der Waals surface area contributed by atoms with E-state index in [1.165, 1.54) is 5.56 Å². The number of rotatable bonds is 5. The van der Waals surface area contributed by atoms with Gasteiger partial charge >= 0.3 is 0 Å². The van der Waals surface area contributed by atoms with Crippen molar-refractivity contribution in [3.8, 4) is 0 Å². The Labute approximate surface area is 127 Å². The molecule has 0 radical (unpaired) electrons. The summed E-state index contributed by atoms with van der Waals surface area (Å²) >= 11 is 0. The zero-order valence-corrected chi connectivity index (χ0v) is 13.1. The lowest BCUT2D eigenvalue weighted by molar-refractivity contribution is -0.0724.